The van der Waals surface area contributed by atoms with Crippen LogP contribution in [0.25, 0.3) is 0 Å². The van der Waals surface area contributed by atoms with Gasteiger partial charge in [-0.2, -0.15) is 0 Å². The maximum Gasteiger partial charge on any atom is 0.202 e. The van der Waals surface area contributed by atoms with Gasteiger partial charge in [0.05, 0.1) is 24.4 Å². The topological polar surface area (TPSA) is 72.5 Å². The van der Waals surface area contributed by atoms with Crippen LogP contribution in [0.15, 0.2) is 24.5 Å². The molecule has 1 aliphatic heterocycles. The molecule has 0 aliphatic carbocycles. The minimum atomic E-state index is -0.169. The molecule has 33 heavy (non-hydrogen) atoms. The van der Waals surface area contributed by atoms with E-state index in [1.54, 1.807) is 11.7 Å². The van der Waals surface area contributed by atoms with Crippen molar-refractivity contribution in [3.8, 4) is 5.75 Å². The van der Waals surface area contributed by atoms with Crippen LogP contribution in [0.3, 0.4) is 0 Å². The first-order valence-electron chi connectivity index (χ1n) is 12.0. The van der Waals surface area contributed by atoms with Crippen molar-refractivity contribution in [1.82, 2.24) is 9.13 Å². The predicted octanol–water partition coefficient (Wildman–Crippen LogP) is 4.37. The van der Waals surface area contributed by atoms with Crippen molar-refractivity contribution >= 4 is 11.5 Å². The van der Waals surface area contributed by atoms with Gasteiger partial charge >= 0.3 is 0 Å². The third kappa shape index (κ3) is 5.18. The van der Waals surface area contributed by atoms with Crippen LogP contribution in [0.5, 0.6) is 5.75 Å². The number of imidazole rings is 1. The number of carbonyl (C=O) groups is 1. The monoisotopic (exact) mass is 456 g/mol. The molecule has 182 valence electrons. The fraction of sp³-hybridized carbons (Fsp3) is 0.615. The number of likely N-dealkylation sites (N-methyl/N-ethyl adjacent to an activating group) is 1. The van der Waals surface area contributed by atoms with E-state index < -0.39 is 0 Å². The maximum atomic E-state index is 13.3. The zero-order chi connectivity index (χ0) is 24.4. The number of hydrogen-bond acceptors (Lipinski definition) is 5. The molecule has 1 aromatic carbocycles. The van der Waals surface area contributed by atoms with Crippen LogP contribution in [0.4, 0.5) is 5.69 Å². The van der Waals surface area contributed by atoms with E-state index in [2.05, 4.69) is 39.5 Å². The molecule has 0 amide bonds. The van der Waals surface area contributed by atoms with Gasteiger partial charge in [-0.25, -0.2) is 0 Å². The molecule has 0 spiro atoms. The Morgan fingerprint density at radius 1 is 1.15 bits per heavy atom. The minimum absolute atomic E-state index is 0.00752. The number of nitrogens with zero attached hydrogens (tertiary/aromatic N) is 3. The van der Waals surface area contributed by atoms with Crippen LogP contribution in [0.1, 0.15) is 69.8 Å². The molecule has 2 aromatic rings. The number of carbonyl (C=O) groups excluding carboxylic acids is 1. The number of ether oxygens (including phenoxy) is 2. The SMILES string of the molecule is CCC(CC)(CCn1ccn(CC(=O)c2cc3c(c(C(C)(C)C)c2)OCCN3C)c1=N)OC. The Morgan fingerprint density at radius 2 is 1.82 bits per heavy atom. The number of Topliss-reactive ketones (excluding diaryl/α,β-unsaturated/α-hetero) is 1. The molecular weight excluding hydrogens is 416 g/mol. The number of ketones is 1. The van der Waals surface area contributed by atoms with E-state index in [1.165, 1.54) is 0 Å². The van der Waals surface area contributed by atoms with E-state index in [4.69, 9.17) is 14.9 Å². The molecule has 1 N–H and O–H groups in total. The summed E-state index contributed by atoms with van der Waals surface area (Å²) in [5, 5.41) is 8.59. The highest BCUT2D eigenvalue weighted by Gasteiger charge is 2.28. The van der Waals surface area contributed by atoms with Gasteiger partial charge in [0.25, 0.3) is 0 Å². The van der Waals surface area contributed by atoms with E-state index in [0.717, 1.165) is 42.8 Å². The summed E-state index contributed by atoms with van der Waals surface area (Å²) in [6, 6.07) is 3.90. The van der Waals surface area contributed by atoms with Gasteiger partial charge in [-0.05, 0) is 36.8 Å². The number of hydrogen-bond donors (Lipinski definition) is 1. The number of benzene rings is 1. The molecule has 2 heterocycles. The highest BCUT2D eigenvalue weighted by atomic mass is 16.5. The summed E-state index contributed by atoms with van der Waals surface area (Å²) >= 11 is 0. The lowest BCUT2D eigenvalue weighted by atomic mass is 9.84. The van der Waals surface area contributed by atoms with Gasteiger partial charge in [-0.3, -0.25) is 10.2 Å². The Morgan fingerprint density at radius 3 is 2.42 bits per heavy atom. The van der Waals surface area contributed by atoms with E-state index >= 15 is 0 Å². The van der Waals surface area contributed by atoms with Gasteiger partial charge in [0.1, 0.15) is 12.4 Å². The zero-order valence-electron chi connectivity index (χ0n) is 21.3. The Kier molecular flexibility index (Phi) is 7.42. The number of anilines is 1. The molecule has 0 bridgehead atoms. The van der Waals surface area contributed by atoms with E-state index in [-0.39, 0.29) is 23.3 Å². The number of rotatable bonds is 9. The fourth-order valence-corrected chi connectivity index (χ4v) is 4.51. The second-order valence-corrected chi connectivity index (χ2v) is 10.1. The third-order valence-electron chi connectivity index (χ3n) is 7.10. The van der Waals surface area contributed by atoms with Crippen LogP contribution in [0, 0.1) is 5.41 Å². The zero-order valence-corrected chi connectivity index (χ0v) is 21.3. The molecule has 0 unspecified atom stereocenters. The van der Waals surface area contributed by atoms with E-state index in [0.29, 0.717) is 24.3 Å². The summed E-state index contributed by atoms with van der Waals surface area (Å²) in [5.41, 5.74) is 2.67. The third-order valence-corrected chi connectivity index (χ3v) is 7.10. The second kappa shape index (κ2) is 9.75. The summed E-state index contributed by atoms with van der Waals surface area (Å²) in [7, 11) is 3.79. The van der Waals surface area contributed by atoms with Crippen LogP contribution in [-0.2, 0) is 23.2 Å². The van der Waals surface area contributed by atoms with Crippen LogP contribution in [-0.4, -0.2) is 47.8 Å². The molecule has 7 heteroatoms. The number of fused-ring (bicyclic) bond motifs is 1. The molecule has 0 radical (unpaired) electrons. The van der Waals surface area contributed by atoms with E-state index in [9.17, 15) is 4.79 Å². The van der Waals surface area contributed by atoms with Crippen molar-refractivity contribution in [1.29, 1.82) is 5.41 Å². The summed E-state index contributed by atoms with van der Waals surface area (Å²) in [5.74, 6) is 0.869. The molecule has 3 rings (SSSR count). The molecular formula is C26H40N4O3. The van der Waals surface area contributed by atoms with Gasteiger partial charge in [-0.15, -0.1) is 0 Å². The highest BCUT2D eigenvalue weighted by molar-refractivity contribution is 5.98. The number of aryl methyl sites for hydroxylation is 1. The van der Waals surface area contributed by atoms with Crippen molar-refractivity contribution < 1.29 is 14.3 Å². The lowest BCUT2D eigenvalue weighted by Gasteiger charge is -2.33. The highest BCUT2D eigenvalue weighted by Crippen LogP contribution is 2.41. The van der Waals surface area contributed by atoms with Gasteiger partial charge in [0.15, 0.2) is 5.78 Å². The van der Waals surface area contributed by atoms with Gasteiger partial charge in [0, 0.05) is 44.2 Å². The largest absolute Gasteiger partial charge is 0.489 e. The lowest BCUT2D eigenvalue weighted by Crippen LogP contribution is -2.34. The average molecular weight is 457 g/mol. The minimum Gasteiger partial charge on any atom is -0.489 e. The Bertz CT molecular complexity index is 1030. The number of aromatic nitrogens is 2. The quantitative estimate of drug-likeness (QED) is 0.569. The first-order valence-corrected chi connectivity index (χ1v) is 12.0. The molecule has 1 aliphatic rings. The second-order valence-electron chi connectivity index (χ2n) is 10.1. The smallest absolute Gasteiger partial charge is 0.202 e. The van der Waals surface area contributed by atoms with Gasteiger partial charge < -0.3 is 23.5 Å². The Hall–Kier alpha value is -2.54. The number of nitrogens with one attached hydrogen (secondary N) is 1. The lowest BCUT2D eigenvalue weighted by molar-refractivity contribution is -0.0270. The predicted molar refractivity (Wildman–Crippen MR) is 131 cm³/mol. The molecule has 7 nitrogen and oxygen atoms in total. The molecule has 0 atom stereocenters. The normalized spacial score (nSPS) is 14.2. The van der Waals surface area contributed by atoms with Crippen LogP contribution in [0.2, 0.25) is 0 Å². The summed E-state index contributed by atoms with van der Waals surface area (Å²) in [6.45, 7) is 12.9. The van der Waals surface area contributed by atoms with Crippen molar-refractivity contribution in [2.75, 3.05) is 32.2 Å². The average Bonchev–Trinajstić information content (AvgIpc) is 3.13. The van der Waals surface area contributed by atoms with Crippen LogP contribution < -0.4 is 15.3 Å². The maximum absolute atomic E-state index is 13.3. The van der Waals surface area contributed by atoms with Crippen molar-refractivity contribution in [3.63, 3.8) is 0 Å². The fourth-order valence-electron chi connectivity index (χ4n) is 4.51. The number of methoxy groups -OCH3 is 1. The molecule has 0 saturated heterocycles. The first-order chi connectivity index (χ1) is 15.5. The summed E-state index contributed by atoms with van der Waals surface area (Å²) in [4.78, 5) is 15.5. The molecule has 1 aromatic heterocycles. The van der Waals surface area contributed by atoms with E-state index in [1.807, 2.05) is 36.1 Å². The van der Waals surface area contributed by atoms with Crippen molar-refractivity contribution in [3.05, 3.63) is 41.3 Å². The molecule has 0 saturated carbocycles. The molecule has 0 fully saturated rings. The first kappa shape index (κ1) is 25.1. The van der Waals surface area contributed by atoms with Crippen molar-refractivity contribution in [2.24, 2.45) is 0 Å². The van der Waals surface area contributed by atoms with Crippen LogP contribution >= 0.6 is 0 Å². The van der Waals surface area contributed by atoms with Crippen molar-refractivity contribution in [2.45, 2.75) is 78.0 Å². The standard InChI is InChI=1S/C26H40N4O3/c1-8-26(9-2,32-7)10-11-29-12-13-30(24(29)27)18-22(31)19-16-20(25(3,4)5)23-21(17-19)28(6)14-15-33-23/h12-13,16-17,27H,8-11,14-15,18H2,1-7H3. The summed E-state index contributed by atoms with van der Waals surface area (Å²) < 4.78 is 15.4. The van der Waals surface area contributed by atoms with Gasteiger partial charge in [0.2, 0.25) is 5.62 Å². The Labute approximate surface area is 197 Å². The summed E-state index contributed by atoms with van der Waals surface area (Å²) in [6.07, 6.45) is 6.40. The van der Waals surface area contributed by atoms with Gasteiger partial charge in [-0.1, -0.05) is 34.6 Å². The Balaban J connectivity index is 1.84.